The van der Waals surface area contributed by atoms with E-state index in [1.807, 2.05) is 12.1 Å². The molecule has 16 heavy (non-hydrogen) atoms. The van der Waals surface area contributed by atoms with Crippen LogP contribution in [0, 0.1) is 6.07 Å². The summed E-state index contributed by atoms with van der Waals surface area (Å²) in [6.07, 6.45) is 6.59. The standard InChI is InChI=1S/C12H14ClO.BrH.Zn/c13-11-8-4-5-9-12(11)14-10-6-2-1-3-7-10;;/h5,8-10H,1-3,6-7H2;1H;/q-1;;+2/p-1. The summed E-state index contributed by atoms with van der Waals surface area (Å²) in [5, 5.41) is 0.665. The third kappa shape index (κ3) is 4.73. The zero-order valence-corrected chi connectivity index (χ0v) is 14.5. The van der Waals surface area contributed by atoms with Crippen molar-refractivity contribution in [3.63, 3.8) is 0 Å². The van der Waals surface area contributed by atoms with Gasteiger partial charge in [0.15, 0.2) is 0 Å². The van der Waals surface area contributed by atoms with Crippen molar-refractivity contribution in [2.75, 3.05) is 0 Å². The Morgan fingerprint density at radius 3 is 2.62 bits per heavy atom. The second kappa shape index (κ2) is 8.50. The summed E-state index contributed by atoms with van der Waals surface area (Å²) in [7, 11) is 0. The van der Waals surface area contributed by atoms with Crippen LogP contribution in [0.25, 0.3) is 0 Å². The van der Waals surface area contributed by atoms with Gasteiger partial charge >= 0.3 is 30.0 Å². The molecule has 1 saturated carbocycles. The van der Waals surface area contributed by atoms with E-state index in [1.165, 1.54) is 35.6 Å². The predicted molar refractivity (Wildman–Crippen MR) is 66.7 cm³/mol. The first-order chi connectivity index (χ1) is 7.86. The summed E-state index contributed by atoms with van der Waals surface area (Å²) in [5.41, 5.74) is 0. The first-order valence-corrected chi connectivity index (χ1v) is 12.8. The van der Waals surface area contributed by atoms with Gasteiger partial charge in [-0.3, -0.25) is 0 Å². The minimum absolute atomic E-state index is 0.364. The summed E-state index contributed by atoms with van der Waals surface area (Å²) in [6, 6.07) is 8.40. The van der Waals surface area contributed by atoms with Gasteiger partial charge in [0.25, 0.3) is 0 Å². The molecule has 84 valence electrons. The quantitative estimate of drug-likeness (QED) is 0.552. The van der Waals surface area contributed by atoms with E-state index in [9.17, 15) is 0 Å². The van der Waals surface area contributed by atoms with Crippen molar-refractivity contribution in [2.24, 2.45) is 0 Å². The molecule has 1 aromatic carbocycles. The average Bonchev–Trinajstić information content (AvgIpc) is 2.36. The van der Waals surface area contributed by atoms with E-state index in [1.54, 1.807) is 6.07 Å². The van der Waals surface area contributed by atoms with Crippen molar-refractivity contribution >= 4 is 25.2 Å². The van der Waals surface area contributed by atoms with Crippen LogP contribution in [0.15, 0.2) is 18.2 Å². The zero-order valence-electron chi connectivity index (χ0n) is 9.22. The van der Waals surface area contributed by atoms with Gasteiger partial charge in [0.2, 0.25) is 0 Å². The summed E-state index contributed by atoms with van der Waals surface area (Å²) in [4.78, 5) is 0. The van der Waals surface area contributed by atoms with Crippen LogP contribution in [0.5, 0.6) is 5.75 Å². The summed E-state index contributed by atoms with van der Waals surface area (Å²) in [5.74, 6) is 0.803. The molecule has 1 fully saturated rings. The fraction of sp³-hybridized carbons (Fsp3) is 0.500. The molecular formula is C12H14BrClOZn. The van der Waals surface area contributed by atoms with Crippen LogP contribution in [0.3, 0.4) is 0 Å². The van der Waals surface area contributed by atoms with Crippen LogP contribution < -0.4 is 4.74 Å². The maximum atomic E-state index is 5.99. The fourth-order valence-corrected chi connectivity index (χ4v) is 2.02. The van der Waals surface area contributed by atoms with Crippen molar-refractivity contribution < 1.29 is 21.1 Å². The molecule has 0 aliphatic heterocycles. The number of halogens is 2. The van der Waals surface area contributed by atoms with E-state index in [-0.39, 0.29) is 0 Å². The van der Waals surface area contributed by atoms with Gasteiger partial charge in [-0.2, -0.15) is 29.8 Å². The van der Waals surface area contributed by atoms with E-state index >= 15 is 0 Å². The Labute approximate surface area is 119 Å². The van der Waals surface area contributed by atoms with Gasteiger partial charge in [-0.25, -0.2) is 0 Å². The van der Waals surface area contributed by atoms with Crippen LogP contribution in [-0.2, 0) is 16.3 Å². The molecule has 0 aromatic heterocycles. The first kappa shape index (κ1) is 14.5. The van der Waals surface area contributed by atoms with Crippen molar-refractivity contribution in [2.45, 2.75) is 38.2 Å². The number of ether oxygens (including phenoxy) is 1. The van der Waals surface area contributed by atoms with E-state index in [2.05, 4.69) is 19.7 Å². The van der Waals surface area contributed by atoms with Crippen molar-refractivity contribution in [3.8, 4) is 5.75 Å². The second-order valence-electron chi connectivity index (χ2n) is 3.73. The molecule has 4 heteroatoms. The molecule has 0 heterocycles. The normalized spacial score (nSPS) is 16.2. The molecular weight excluding hydrogens is 341 g/mol. The molecule has 0 amide bonds. The molecule has 0 bridgehead atoms. The Bertz CT molecular complexity index is 303. The van der Waals surface area contributed by atoms with Crippen LogP contribution in [0.1, 0.15) is 32.1 Å². The molecule has 0 spiro atoms. The first-order valence-electron chi connectivity index (χ1n) is 5.45. The summed E-state index contributed by atoms with van der Waals surface area (Å²) < 4.78 is 5.83. The number of rotatable bonds is 2. The fourth-order valence-electron chi connectivity index (χ4n) is 1.85. The van der Waals surface area contributed by atoms with Gasteiger partial charge in [-0.05, 0) is 30.7 Å². The van der Waals surface area contributed by atoms with Crippen molar-refractivity contribution in [1.29, 1.82) is 0 Å². The molecule has 1 aromatic rings. The van der Waals surface area contributed by atoms with E-state index < -0.39 is 0 Å². The molecule has 0 unspecified atom stereocenters. The Hall–Kier alpha value is 0.413. The van der Waals surface area contributed by atoms with Crippen LogP contribution >= 0.6 is 25.2 Å². The molecule has 0 N–H and O–H groups in total. The zero-order chi connectivity index (χ0) is 11.8. The van der Waals surface area contributed by atoms with Gasteiger partial charge in [-0.1, -0.05) is 6.42 Å². The van der Waals surface area contributed by atoms with Crippen LogP contribution in [0.2, 0.25) is 5.02 Å². The number of benzene rings is 1. The van der Waals surface area contributed by atoms with Gasteiger partial charge in [0.05, 0.1) is 6.10 Å². The maximum absolute atomic E-state index is 5.99. The van der Waals surface area contributed by atoms with Crippen molar-refractivity contribution in [3.05, 3.63) is 29.3 Å². The van der Waals surface area contributed by atoms with E-state index in [0.717, 1.165) is 18.6 Å². The van der Waals surface area contributed by atoms with Crippen molar-refractivity contribution in [1.82, 2.24) is 0 Å². The summed E-state index contributed by atoms with van der Waals surface area (Å²) in [6.45, 7) is 0. The van der Waals surface area contributed by atoms with Gasteiger partial charge in [0.1, 0.15) is 0 Å². The van der Waals surface area contributed by atoms with Gasteiger partial charge in [0, 0.05) is 5.75 Å². The average molecular weight is 355 g/mol. The van der Waals surface area contributed by atoms with Crippen LogP contribution in [-0.4, -0.2) is 6.10 Å². The molecule has 0 radical (unpaired) electrons. The predicted octanol–water partition coefficient (Wildman–Crippen LogP) is 4.69. The molecule has 0 atom stereocenters. The van der Waals surface area contributed by atoms with Gasteiger partial charge < -0.3 is 4.74 Å². The molecule has 2 rings (SSSR count). The molecule has 1 aliphatic carbocycles. The Balaban J connectivity index is 0.000000606. The molecule has 0 saturated heterocycles. The van der Waals surface area contributed by atoms with E-state index in [4.69, 9.17) is 16.3 Å². The monoisotopic (exact) mass is 352 g/mol. The topological polar surface area (TPSA) is 9.23 Å². The Morgan fingerprint density at radius 2 is 2.00 bits per heavy atom. The summed E-state index contributed by atoms with van der Waals surface area (Å²) >= 11 is 10.2. The van der Waals surface area contributed by atoms with Gasteiger partial charge in [-0.15, -0.1) is 6.07 Å². The Kier molecular flexibility index (Phi) is 7.69. The Morgan fingerprint density at radius 1 is 1.31 bits per heavy atom. The number of hydrogen-bond acceptors (Lipinski definition) is 1. The third-order valence-corrected chi connectivity index (χ3v) is 2.92. The number of hydrogen-bond donors (Lipinski definition) is 0. The van der Waals surface area contributed by atoms with E-state index in [0.29, 0.717) is 11.1 Å². The third-order valence-electron chi connectivity index (χ3n) is 2.62. The minimum atomic E-state index is 0.364. The second-order valence-corrected chi connectivity index (χ2v) is 4.14. The SMILES string of the molecule is Clc1c[c-]ccc1OC1CCCCC1.[Zn+][Br]. The molecule has 1 aliphatic rings. The molecule has 1 nitrogen and oxygen atoms in total. The van der Waals surface area contributed by atoms with Crippen LogP contribution in [0.4, 0.5) is 0 Å².